The van der Waals surface area contributed by atoms with Gasteiger partial charge in [0.25, 0.3) is 0 Å². The van der Waals surface area contributed by atoms with Crippen molar-refractivity contribution in [3.63, 3.8) is 0 Å². The second kappa shape index (κ2) is 6.37. The number of pyridine rings is 1. The minimum atomic E-state index is -0.780. The van der Waals surface area contributed by atoms with Crippen LogP contribution in [0.15, 0.2) is 18.3 Å². The number of nitrogens with one attached hydrogen (secondary N) is 1. The van der Waals surface area contributed by atoms with E-state index in [9.17, 15) is 4.79 Å². The molecule has 1 aromatic heterocycles. The Hall–Kier alpha value is -2.13. The maximum absolute atomic E-state index is 10.2. The topological polar surface area (TPSA) is 101 Å². The Bertz CT molecular complexity index is 400. The molecule has 0 unspecified atom stereocenters. The largest absolute Gasteiger partial charge is 0.448 e. The van der Waals surface area contributed by atoms with Gasteiger partial charge in [-0.3, -0.25) is 0 Å². The van der Waals surface area contributed by atoms with Crippen LogP contribution in [0.5, 0.6) is 0 Å². The van der Waals surface area contributed by atoms with Crippen LogP contribution in [-0.2, 0) is 11.3 Å². The Labute approximate surface area is 93.0 Å². The molecule has 0 bridgehead atoms. The average Bonchev–Trinajstić information content (AvgIpc) is 2.28. The number of amides is 1. The number of nitriles is 1. The predicted octanol–water partition coefficient (Wildman–Crippen LogP) is 0.138. The molecule has 1 heterocycles. The molecule has 0 saturated carbocycles. The van der Waals surface area contributed by atoms with E-state index in [2.05, 4.69) is 15.0 Å². The molecule has 84 valence electrons. The molecular weight excluding hydrogens is 208 g/mol. The van der Waals surface area contributed by atoms with Crippen LogP contribution < -0.4 is 11.1 Å². The van der Waals surface area contributed by atoms with Gasteiger partial charge in [-0.15, -0.1) is 0 Å². The molecule has 0 aliphatic carbocycles. The van der Waals surface area contributed by atoms with Crippen molar-refractivity contribution in [3.05, 3.63) is 29.6 Å². The summed E-state index contributed by atoms with van der Waals surface area (Å²) in [5.74, 6) is 0. The number of carbonyl (C=O) groups is 1. The molecule has 6 nitrogen and oxygen atoms in total. The van der Waals surface area contributed by atoms with E-state index in [1.807, 2.05) is 12.1 Å². The van der Waals surface area contributed by atoms with Gasteiger partial charge in [-0.25, -0.2) is 9.78 Å². The van der Waals surface area contributed by atoms with Gasteiger partial charge < -0.3 is 15.8 Å². The monoisotopic (exact) mass is 220 g/mol. The second-order valence-corrected chi connectivity index (χ2v) is 3.01. The summed E-state index contributed by atoms with van der Waals surface area (Å²) in [6, 6.07) is 5.46. The summed E-state index contributed by atoms with van der Waals surface area (Å²) in [6.45, 7) is 1.32. The van der Waals surface area contributed by atoms with E-state index in [-0.39, 0.29) is 6.61 Å². The third kappa shape index (κ3) is 4.39. The van der Waals surface area contributed by atoms with Gasteiger partial charge in [-0.1, -0.05) is 0 Å². The predicted molar refractivity (Wildman–Crippen MR) is 56.2 cm³/mol. The first kappa shape index (κ1) is 11.9. The number of ether oxygens (including phenoxy) is 1. The summed E-state index contributed by atoms with van der Waals surface area (Å²) in [7, 11) is 0. The van der Waals surface area contributed by atoms with Crippen molar-refractivity contribution >= 4 is 6.09 Å². The van der Waals surface area contributed by atoms with Crippen LogP contribution in [0.25, 0.3) is 0 Å². The van der Waals surface area contributed by atoms with Gasteiger partial charge in [0.05, 0.1) is 0 Å². The molecule has 0 atom stereocenters. The number of hydrogen-bond donors (Lipinski definition) is 2. The summed E-state index contributed by atoms with van der Waals surface area (Å²) in [5.41, 5.74) is 6.12. The van der Waals surface area contributed by atoms with Crippen LogP contribution in [0.3, 0.4) is 0 Å². The zero-order valence-corrected chi connectivity index (χ0v) is 8.64. The van der Waals surface area contributed by atoms with Crippen LogP contribution >= 0.6 is 0 Å². The highest BCUT2D eigenvalue weighted by Gasteiger charge is 1.97. The first-order valence-electron chi connectivity index (χ1n) is 4.70. The van der Waals surface area contributed by atoms with E-state index in [4.69, 9.17) is 11.0 Å². The molecular formula is C10H12N4O2. The van der Waals surface area contributed by atoms with Crippen molar-refractivity contribution in [2.75, 3.05) is 13.2 Å². The van der Waals surface area contributed by atoms with Crippen molar-refractivity contribution in [1.29, 1.82) is 5.26 Å². The zero-order chi connectivity index (χ0) is 11.8. The Morgan fingerprint density at radius 3 is 3.19 bits per heavy atom. The lowest BCUT2D eigenvalue weighted by Gasteiger charge is -2.04. The van der Waals surface area contributed by atoms with Crippen molar-refractivity contribution in [3.8, 4) is 6.07 Å². The van der Waals surface area contributed by atoms with Gasteiger partial charge in [0.15, 0.2) is 0 Å². The normalized spacial score (nSPS) is 9.44. The minimum Gasteiger partial charge on any atom is -0.448 e. The highest BCUT2D eigenvalue weighted by atomic mass is 16.5. The third-order valence-corrected chi connectivity index (χ3v) is 1.79. The molecule has 1 amide bonds. The van der Waals surface area contributed by atoms with Crippen LogP contribution in [0, 0.1) is 11.3 Å². The Balaban J connectivity index is 2.27. The minimum absolute atomic E-state index is 0.228. The second-order valence-electron chi connectivity index (χ2n) is 3.01. The van der Waals surface area contributed by atoms with E-state index < -0.39 is 6.09 Å². The highest BCUT2D eigenvalue weighted by Crippen LogP contribution is 1.99. The van der Waals surface area contributed by atoms with Crippen LogP contribution in [0.1, 0.15) is 11.3 Å². The molecule has 1 rings (SSSR count). The molecule has 0 radical (unpaired) electrons. The highest BCUT2D eigenvalue weighted by molar-refractivity contribution is 5.64. The van der Waals surface area contributed by atoms with Crippen molar-refractivity contribution < 1.29 is 9.53 Å². The Kier molecular flexibility index (Phi) is 4.76. The summed E-state index contributed by atoms with van der Waals surface area (Å²) in [5, 5.41) is 11.7. The van der Waals surface area contributed by atoms with Crippen LogP contribution in [0.4, 0.5) is 4.79 Å². The average molecular weight is 220 g/mol. The van der Waals surface area contributed by atoms with E-state index in [1.165, 1.54) is 0 Å². The number of nitrogens with zero attached hydrogens (tertiary/aromatic N) is 2. The maximum Gasteiger partial charge on any atom is 0.404 e. The fourth-order valence-corrected chi connectivity index (χ4v) is 1.10. The van der Waals surface area contributed by atoms with Crippen LogP contribution in [0.2, 0.25) is 0 Å². The number of hydrogen-bond acceptors (Lipinski definition) is 5. The van der Waals surface area contributed by atoms with E-state index >= 15 is 0 Å². The maximum atomic E-state index is 10.2. The lowest BCUT2D eigenvalue weighted by atomic mass is 10.2. The van der Waals surface area contributed by atoms with Gasteiger partial charge in [0, 0.05) is 19.3 Å². The van der Waals surface area contributed by atoms with Gasteiger partial charge in [0.1, 0.15) is 18.4 Å². The number of aromatic nitrogens is 1. The van der Waals surface area contributed by atoms with Gasteiger partial charge >= 0.3 is 6.09 Å². The lowest BCUT2D eigenvalue weighted by molar-refractivity contribution is 0.157. The zero-order valence-electron chi connectivity index (χ0n) is 8.64. The molecule has 0 aliphatic heterocycles. The van der Waals surface area contributed by atoms with Crippen molar-refractivity contribution in [1.82, 2.24) is 10.3 Å². The first-order valence-corrected chi connectivity index (χ1v) is 4.70. The van der Waals surface area contributed by atoms with Crippen molar-refractivity contribution in [2.45, 2.75) is 6.54 Å². The van der Waals surface area contributed by atoms with Gasteiger partial charge in [-0.05, 0) is 17.7 Å². The molecule has 0 saturated heterocycles. The Morgan fingerprint density at radius 1 is 1.69 bits per heavy atom. The SMILES string of the molecule is N#Cc1cc(CNCCOC(N)=O)ccn1. The smallest absolute Gasteiger partial charge is 0.404 e. The molecule has 0 aromatic carbocycles. The molecule has 0 fully saturated rings. The van der Waals surface area contributed by atoms with E-state index in [0.717, 1.165) is 5.56 Å². The fourth-order valence-electron chi connectivity index (χ4n) is 1.10. The first-order chi connectivity index (χ1) is 7.72. The number of primary amides is 1. The number of rotatable bonds is 5. The van der Waals surface area contributed by atoms with Crippen LogP contribution in [-0.4, -0.2) is 24.2 Å². The fraction of sp³-hybridized carbons (Fsp3) is 0.300. The summed E-state index contributed by atoms with van der Waals surface area (Å²) >= 11 is 0. The standard InChI is InChI=1S/C10H12N4O2/c11-6-9-5-8(1-2-14-9)7-13-3-4-16-10(12)15/h1-2,5,13H,3-4,7H2,(H2,12,15). The molecule has 6 heteroatoms. The molecule has 0 spiro atoms. The summed E-state index contributed by atoms with van der Waals surface area (Å²) < 4.78 is 4.54. The van der Waals surface area contributed by atoms with Crippen molar-refractivity contribution in [2.24, 2.45) is 5.73 Å². The quantitative estimate of drug-likeness (QED) is 0.687. The number of carbonyl (C=O) groups excluding carboxylic acids is 1. The van der Waals surface area contributed by atoms with E-state index in [0.29, 0.717) is 18.8 Å². The van der Waals surface area contributed by atoms with E-state index in [1.54, 1.807) is 12.3 Å². The van der Waals surface area contributed by atoms with Gasteiger partial charge in [-0.2, -0.15) is 5.26 Å². The number of nitrogens with two attached hydrogens (primary N) is 1. The molecule has 16 heavy (non-hydrogen) atoms. The van der Waals surface area contributed by atoms with Gasteiger partial charge in [0.2, 0.25) is 0 Å². The summed E-state index contributed by atoms with van der Waals surface area (Å²) in [6.07, 6.45) is 0.799. The molecule has 1 aromatic rings. The lowest BCUT2D eigenvalue weighted by Crippen LogP contribution is -2.23. The Morgan fingerprint density at radius 2 is 2.50 bits per heavy atom. The molecule has 3 N–H and O–H groups in total. The third-order valence-electron chi connectivity index (χ3n) is 1.79. The molecule has 0 aliphatic rings. The summed E-state index contributed by atoms with van der Waals surface area (Å²) in [4.78, 5) is 14.1.